The lowest BCUT2D eigenvalue weighted by molar-refractivity contribution is -0.122. The molecule has 35 heavy (non-hydrogen) atoms. The Kier molecular flexibility index (Phi) is 9.86. The summed E-state index contributed by atoms with van der Waals surface area (Å²) >= 11 is 2.23. The predicted octanol–water partition coefficient (Wildman–Crippen LogP) is 2.50. The first-order chi connectivity index (χ1) is 16.8. The van der Waals surface area contributed by atoms with E-state index in [1.54, 1.807) is 12.1 Å². The maximum absolute atomic E-state index is 12.6. The largest absolute Gasteiger partial charge is 0.493 e. The summed E-state index contributed by atoms with van der Waals surface area (Å²) in [7, 11) is 0. The van der Waals surface area contributed by atoms with E-state index in [2.05, 4.69) is 33.2 Å². The molecule has 0 aromatic heterocycles. The van der Waals surface area contributed by atoms with Gasteiger partial charge in [0.05, 0.1) is 24.8 Å². The number of hydrogen-bond donors (Lipinski definition) is 4. The van der Waals surface area contributed by atoms with Gasteiger partial charge >= 0.3 is 0 Å². The highest BCUT2D eigenvalue weighted by atomic mass is 127. The second-order valence-corrected chi connectivity index (χ2v) is 9.37. The van der Waals surface area contributed by atoms with Gasteiger partial charge in [-0.05, 0) is 82.5 Å². The van der Waals surface area contributed by atoms with Gasteiger partial charge in [0, 0.05) is 10.1 Å². The summed E-state index contributed by atoms with van der Waals surface area (Å²) in [4.78, 5) is 35.9. The third kappa shape index (κ3) is 8.22. The number of halogens is 1. The molecular formula is C26H29IN4O4. The number of ether oxygens (including phenoxy) is 1. The molecule has 0 radical (unpaired) electrons. The lowest BCUT2D eigenvalue weighted by atomic mass is 10.1. The van der Waals surface area contributed by atoms with Crippen LogP contribution in [-0.2, 0) is 16.0 Å². The SMILES string of the molecule is NC(=O)CNC(=O)c1cc2ccccc2cc1OCCCCNC(=O)C(N)Cc1ccc(I)cc1. The molecule has 3 aromatic rings. The number of benzene rings is 3. The summed E-state index contributed by atoms with van der Waals surface area (Å²) in [5.41, 5.74) is 12.5. The van der Waals surface area contributed by atoms with Crippen LogP contribution in [-0.4, -0.2) is 43.5 Å². The molecule has 0 heterocycles. The van der Waals surface area contributed by atoms with Crippen LogP contribution in [0.4, 0.5) is 0 Å². The van der Waals surface area contributed by atoms with Gasteiger partial charge in [0.15, 0.2) is 0 Å². The fourth-order valence-electron chi connectivity index (χ4n) is 3.50. The third-order valence-corrected chi connectivity index (χ3v) is 6.07. The molecule has 3 amide bonds. The van der Waals surface area contributed by atoms with Gasteiger partial charge < -0.3 is 26.8 Å². The number of nitrogens with one attached hydrogen (secondary N) is 2. The van der Waals surface area contributed by atoms with E-state index in [4.69, 9.17) is 16.2 Å². The smallest absolute Gasteiger partial charge is 0.255 e. The second kappa shape index (κ2) is 13.1. The Morgan fingerprint density at radius 2 is 1.63 bits per heavy atom. The average Bonchev–Trinajstić information content (AvgIpc) is 2.85. The van der Waals surface area contributed by atoms with E-state index in [9.17, 15) is 14.4 Å². The fourth-order valence-corrected chi connectivity index (χ4v) is 3.86. The molecule has 1 atom stereocenters. The van der Waals surface area contributed by atoms with Gasteiger partial charge in [0.2, 0.25) is 11.8 Å². The first-order valence-electron chi connectivity index (χ1n) is 11.3. The van der Waals surface area contributed by atoms with Crippen LogP contribution < -0.4 is 26.8 Å². The van der Waals surface area contributed by atoms with Crippen LogP contribution in [0.5, 0.6) is 5.75 Å². The zero-order chi connectivity index (χ0) is 25.2. The Labute approximate surface area is 217 Å². The normalized spacial score (nSPS) is 11.6. The van der Waals surface area contributed by atoms with Crippen molar-refractivity contribution in [3.63, 3.8) is 0 Å². The van der Waals surface area contributed by atoms with E-state index in [-0.39, 0.29) is 12.5 Å². The summed E-state index contributed by atoms with van der Waals surface area (Å²) < 4.78 is 7.03. The summed E-state index contributed by atoms with van der Waals surface area (Å²) in [5.74, 6) is -0.817. The number of rotatable bonds is 12. The van der Waals surface area contributed by atoms with Crippen molar-refractivity contribution in [3.05, 3.63) is 75.4 Å². The number of carbonyl (C=O) groups excluding carboxylic acids is 3. The fraction of sp³-hybridized carbons (Fsp3) is 0.269. The van der Waals surface area contributed by atoms with E-state index < -0.39 is 17.9 Å². The molecule has 0 aliphatic carbocycles. The van der Waals surface area contributed by atoms with Crippen molar-refractivity contribution in [2.75, 3.05) is 19.7 Å². The Morgan fingerprint density at radius 1 is 0.943 bits per heavy atom. The van der Waals surface area contributed by atoms with Crippen molar-refractivity contribution in [1.82, 2.24) is 10.6 Å². The highest BCUT2D eigenvalue weighted by Gasteiger charge is 2.16. The molecule has 0 bridgehead atoms. The zero-order valence-corrected chi connectivity index (χ0v) is 21.4. The van der Waals surface area contributed by atoms with Crippen LogP contribution in [0.1, 0.15) is 28.8 Å². The number of hydrogen-bond acceptors (Lipinski definition) is 5. The third-order valence-electron chi connectivity index (χ3n) is 5.35. The molecule has 0 saturated carbocycles. The van der Waals surface area contributed by atoms with E-state index in [1.807, 2.05) is 48.5 Å². The quantitative estimate of drug-likeness (QED) is 0.191. The van der Waals surface area contributed by atoms with E-state index >= 15 is 0 Å². The van der Waals surface area contributed by atoms with Crippen LogP contribution >= 0.6 is 22.6 Å². The van der Waals surface area contributed by atoms with Crippen LogP contribution in [0.3, 0.4) is 0 Å². The maximum atomic E-state index is 12.6. The number of amides is 3. The van der Waals surface area contributed by atoms with Gasteiger partial charge in [-0.15, -0.1) is 0 Å². The molecule has 184 valence electrons. The molecule has 3 rings (SSSR count). The van der Waals surface area contributed by atoms with Gasteiger partial charge in [0.1, 0.15) is 5.75 Å². The van der Waals surface area contributed by atoms with Crippen LogP contribution in [0, 0.1) is 3.57 Å². The van der Waals surface area contributed by atoms with Gasteiger partial charge in [-0.1, -0.05) is 36.4 Å². The Morgan fingerprint density at radius 3 is 2.31 bits per heavy atom. The number of nitrogens with two attached hydrogens (primary N) is 2. The Bertz CT molecular complexity index is 1180. The van der Waals surface area contributed by atoms with Crippen molar-refractivity contribution in [3.8, 4) is 5.75 Å². The summed E-state index contributed by atoms with van der Waals surface area (Å²) in [6.45, 7) is 0.585. The Balaban J connectivity index is 1.48. The summed E-state index contributed by atoms with van der Waals surface area (Å²) in [6, 6.07) is 18.5. The van der Waals surface area contributed by atoms with Crippen molar-refractivity contribution in [2.45, 2.75) is 25.3 Å². The van der Waals surface area contributed by atoms with Gasteiger partial charge in [-0.2, -0.15) is 0 Å². The first-order valence-corrected chi connectivity index (χ1v) is 12.4. The van der Waals surface area contributed by atoms with Crippen molar-refractivity contribution >= 4 is 51.1 Å². The second-order valence-electron chi connectivity index (χ2n) is 8.13. The van der Waals surface area contributed by atoms with Crippen molar-refractivity contribution in [2.24, 2.45) is 11.5 Å². The maximum Gasteiger partial charge on any atom is 0.255 e. The molecule has 3 aromatic carbocycles. The molecule has 0 spiro atoms. The average molecular weight is 588 g/mol. The zero-order valence-electron chi connectivity index (χ0n) is 19.3. The highest BCUT2D eigenvalue weighted by Crippen LogP contribution is 2.26. The minimum absolute atomic E-state index is 0.188. The molecular weight excluding hydrogens is 559 g/mol. The number of fused-ring (bicyclic) bond motifs is 1. The molecule has 0 saturated heterocycles. The summed E-state index contributed by atoms with van der Waals surface area (Å²) in [5, 5.41) is 7.19. The monoisotopic (exact) mass is 588 g/mol. The molecule has 8 nitrogen and oxygen atoms in total. The molecule has 0 fully saturated rings. The molecule has 9 heteroatoms. The lowest BCUT2D eigenvalue weighted by Crippen LogP contribution is -2.42. The molecule has 0 aliphatic rings. The van der Waals surface area contributed by atoms with Crippen LogP contribution in [0.15, 0.2) is 60.7 Å². The van der Waals surface area contributed by atoms with Gasteiger partial charge in [0.25, 0.3) is 5.91 Å². The molecule has 1 unspecified atom stereocenters. The van der Waals surface area contributed by atoms with Gasteiger partial charge in [-0.25, -0.2) is 0 Å². The lowest BCUT2D eigenvalue weighted by Gasteiger charge is -2.14. The van der Waals surface area contributed by atoms with Crippen molar-refractivity contribution in [1.29, 1.82) is 0 Å². The highest BCUT2D eigenvalue weighted by molar-refractivity contribution is 14.1. The van der Waals surface area contributed by atoms with Crippen LogP contribution in [0.2, 0.25) is 0 Å². The number of unbranched alkanes of at least 4 members (excludes halogenated alkanes) is 1. The Hall–Kier alpha value is -3.18. The number of carbonyl (C=O) groups is 3. The van der Waals surface area contributed by atoms with Crippen LogP contribution in [0.25, 0.3) is 10.8 Å². The topological polar surface area (TPSA) is 137 Å². The van der Waals surface area contributed by atoms with E-state index in [0.29, 0.717) is 43.7 Å². The van der Waals surface area contributed by atoms with Gasteiger partial charge in [-0.3, -0.25) is 14.4 Å². The van der Waals surface area contributed by atoms with Crippen molar-refractivity contribution < 1.29 is 19.1 Å². The predicted molar refractivity (Wildman–Crippen MR) is 144 cm³/mol. The summed E-state index contributed by atoms with van der Waals surface area (Å²) in [6.07, 6.45) is 1.84. The minimum atomic E-state index is -0.623. The van der Waals surface area contributed by atoms with E-state index in [1.165, 1.54) is 0 Å². The molecule has 6 N–H and O–H groups in total. The standard InChI is InChI=1S/C26H29IN4O4/c27-20-9-7-17(8-10-20)13-22(28)26(34)30-11-3-4-12-35-23-15-19-6-2-1-5-18(19)14-21(23)25(33)31-16-24(29)32/h1-2,5-10,14-15,22H,3-4,11-13,16,28H2,(H2,29,32)(H,30,34)(H,31,33). The molecule has 0 aliphatic heterocycles. The minimum Gasteiger partial charge on any atom is -0.493 e. The first kappa shape index (κ1) is 26.4. The number of primary amides is 1. The van der Waals surface area contributed by atoms with E-state index in [0.717, 1.165) is 19.9 Å².